The molecule has 0 aliphatic heterocycles. The molecule has 0 heterocycles. The van der Waals surface area contributed by atoms with Gasteiger partial charge in [-0.3, -0.25) is 9.09 Å². The molecule has 0 spiro atoms. The van der Waals surface area contributed by atoms with Crippen LogP contribution in [0.3, 0.4) is 0 Å². The normalized spacial score (nSPS) is 14.9. The Balaban J connectivity index is 4.01. The fourth-order valence-electron chi connectivity index (χ4n) is 0.474. The van der Waals surface area contributed by atoms with Crippen molar-refractivity contribution in [1.82, 2.24) is 0 Å². The molecular formula is C7H11O3P. The van der Waals surface area contributed by atoms with E-state index in [1.165, 1.54) is 13.2 Å². The molecule has 1 atom stereocenters. The third kappa shape index (κ3) is 4.00. The molecule has 11 heavy (non-hydrogen) atoms. The largest absolute Gasteiger partial charge is 0.335 e. The van der Waals surface area contributed by atoms with Crippen molar-refractivity contribution in [2.75, 3.05) is 19.9 Å². The van der Waals surface area contributed by atoms with Gasteiger partial charge in [0.15, 0.2) is 0 Å². The van der Waals surface area contributed by atoms with E-state index in [1.54, 1.807) is 0 Å². The van der Waals surface area contributed by atoms with Gasteiger partial charge in [0.25, 0.3) is 0 Å². The van der Waals surface area contributed by atoms with Gasteiger partial charge < -0.3 is 4.52 Å². The lowest BCUT2D eigenvalue weighted by Crippen LogP contribution is -1.95. The maximum absolute atomic E-state index is 11.3. The van der Waals surface area contributed by atoms with Crippen LogP contribution in [0.4, 0.5) is 0 Å². The lowest BCUT2D eigenvalue weighted by Gasteiger charge is -2.11. The van der Waals surface area contributed by atoms with E-state index in [4.69, 9.17) is 10.9 Å². The van der Waals surface area contributed by atoms with Gasteiger partial charge >= 0.3 is 7.60 Å². The second kappa shape index (κ2) is 5.15. The first kappa shape index (κ1) is 10.4. The molecule has 0 saturated carbocycles. The number of hydrogen-bond donors (Lipinski definition) is 0. The standard InChI is InChI=1S/C7H11O3P/c1-4-6-10-11(8,9-3)7-5-2/h1,5H,2,6-7H2,3H3. The highest BCUT2D eigenvalue weighted by Gasteiger charge is 2.19. The van der Waals surface area contributed by atoms with Crippen molar-refractivity contribution in [3.63, 3.8) is 0 Å². The molecule has 0 aromatic carbocycles. The summed E-state index contributed by atoms with van der Waals surface area (Å²) in [6.45, 7) is 3.42. The molecule has 3 nitrogen and oxygen atoms in total. The van der Waals surface area contributed by atoms with Crippen molar-refractivity contribution in [2.45, 2.75) is 0 Å². The van der Waals surface area contributed by atoms with Gasteiger partial charge in [-0.25, -0.2) is 0 Å². The summed E-state index contributed by atoms with van der Waals surface area (Å²) in [5.74, 6) is 2.21. The zero-order valence-corrected chi connectivity index (χ0v) is 7.34. The minimum absolute atomic E-state index is 0.00103. The number of rotatable bonds is 5. The van der Waals surface area contributed by atoms with E-state index in [2.05, 4.69) is 17.0 Å². The number of terminal acetylenes is 1. The predicted octanol–water partition coefficient (Wildman–Crippen LogP) is 1.66. The van der Waals surface area contributed by atoms with Crippen LogP contribution in [0.5, 0.6) is 0 Å². The van der Waals surface area contributed by atoms with E-state index in [-0.39, 0.29) is 12.8 Å². The van der Waals surface area contributed by atoms with E-state index in [9.17, 15) is 4.57 Å². The quantitative estimate of drug-likeness (QED) is 0.361. The number of hydrogen-bond acceptors (Lipinski definition) is 3. The van der Waals surface area contributed by atoms with E-state index >= 15 is 0 Å². The van der Waals surface area contributed by atoms with Gasteiger partial charge in [-0.2, -0.15) is 0 Å². The smallest absolute Gasteiger partial charge is 0.312 e. The highest BCUT2D eigenvalue weighted by atomic mass is 31.2. The molecule has 0 aromatic heterocycles. The summed E-state index contributed by atoms with van der Waals surface area (Å²) in [5, 5.41) is 0. The molecule has 0 bridgehead atoms. The minimum atomic E-state index is -2.98. The predicted molar refractivity (Wildman–Crippen MR) is 44.5 cm³/mol. The monoisotopic (exact) mass is 174 g/mol. The Morgan fingerprint density at radius 3 is 2.82 bits per heavy atom. The van der Waals surface area contributed by atoms with Crippen LogP contribution >= 0.6 is 7.60 Å². The van der Waals surface area contributed by atoms with E-state index in [1.807, 2.05) is 0 Å². The van der Waals surface area contributed by atoms with Gasteiger partial charge in [0.05, 0.1) is 6.16 Å². The highest BCUT2D eigenvalue weighted by Crippen LogP contribution is 2.46. The van der Waals surface area contributed by atoms with Gasteiger partial charge in [-0.1, -0.05) is 12.0 Å². The van der Waals surface area contributed by atoms with Crippen LogP contribution < -0.4 is 0 Å². The Hall–Kier alpha value is -0.550. The molecule has 4 heteroatoms. The summed E-state index contributed by atoms with van der Waals surface area (Å²) in [7, 11) is -1.66. The Kier molecular flexibility index (Phi) is 4.89. The Morgan fingerprint density at radius 1 is 1.82 bits per heavy atom. The average molecular weight is 174 g/mol. The summed E-state index contributed by atoms with van der Waals surface area (Å²) in [5.41, 5.74) is 0. The molecule has 0 rings (SSSR count). The molecule has 0 aromatic rings. The van der Waals surface area contributed by atoms with Gasteiger partial charge in [0, 0.05) is 7.11 Å². The second-order valence-corrected chi connectivity index (χ2v) is 3.95. The second-order valence-electron chi connectivity index (χ2n) is 1.74. The molecule has 0 radical (unpaired) electrons. The van der Waals surface area contributed by atoms with E-state index in [0.29, 0.717) is 0 Å². The molecule has 1 unspecified atom stereocenters. The van der Waals surface area contributed by atoms with Crippen molar-refractivity contribution in [3.05, 3.63) is 12.7 Å². The lowest BCUT2D eigenvalue weighted by atomic mass is 10.8. The van der Waals surface area contributed by atoms with Crippen molar-refractivity contribution in [2.24, 2.45) is 0 Å². The fourth-order valence-corrected chi connectivity index (χ4v) is 1.42. The summed E-state index contributed by atoms with van der Waals surface area (Å²) in [4.78, 5) is 0. The van der Waals surface area contributed by atoms with Crippen molar-refractivity contribution < 1.29 is 13.6 Å². The van der Waals surface area contributed by atoms with Crippen molar-refractivity contribution in [3.8, 4) is 12.3 Å². The van der Waals surface area contributed by atoms with Crippen LogP contribution in [0, 0.1) is 12.3 Å². The third-order valence-electron chi connectivity index (χ3n) is 0.975. The Labute approximate surface area is 66.9 Å². The fraction of sp³-hybridized carbons (Fsp3) is 0.429. The van der Waals surface area contributed by atoms with E-state index < -0.39 is 7.60 Å². The summed E-state index contributed by atoms with van der Waals surface area (Å²) in [6.07, 6.45) is 6.57. The lowest BCUT2D eigenvalue weighted by molar-refractivity contribution is 0.260. The molecule has 0 N–H and O–H groups in total. The molecule has 0 aliphatic rings. The molecule has 0 fully saturated rings. The summed E-state index contributed by atoms with van der Waals surface area (Å²) in [6, 6.07) is 0. The summed E-state index contributed by atoms with van der Waals surface area (Å²) < 4.78 is 20.8. The Morgan fingerprint density at radius 2 is 2.45 bits per heavy atom. The summed E-state index contributed by atoms with van der Waals surface area (Å²) >= 11 is 0. The van der Waals surface area contributed by atoms with E-state index in [0.717, 1.165) is 0 Å². The Bertz CT molecular complexity index is 204. The van der Waals surface area contributed by atoms with Crippen molar-refractivity contribution in [1.29, 1.82) is 0 Å². The molecular weight excluding hydrogens is 163 g/mol. The van der Waals surface area contributed by atoms with Gasteiger partial charge in [-0.05, 0) is 0 Å². The van der Waals surface area contributed by atoms with Gasteiger partial charge in [-0.15, -0.1) is 13.0 Å². The molecule has 62 valence electrons. The van der Waals surface area contributed by atoms with Crippen LogP contribution in [0.25, 0.3) is 0 Å². The maximum atomic E-state index is 11.3. The molecule has 0 amide bonds. The van der Waals surface area contributed by atoms with Crippen LogP contribution in [0.15, 0.2) is 12.7 Å². The SMILES string of the molecule is C#CCOP(=O)(CC=C)OC. The van der Waals surface area contributed by atoms with Crippen LogP contribution in [-0.2, 0) is 13.6 Å². The third-order valence-corrected chi connectivity index (χ3v) is 2.76. The van der Waals surface area contributed by atoms with Crippen LogP contribution in [-0.4, -0.2) is 19.9 Å². The maximum Gasteiger partial charge on any atom is 0.335 e. The van der Waals surface area contributed by atoms with Crippen LogP contribution in [0.1, 0.15) is 0 Å². The first-order chi connectivity index (χ1) is 5.18. The van der Waals surface area contributed by atoms with Gasteiger partial charge in [0.1, 0.15) is 6.61 Å². The van der Waals surface area contributed by atoms with Crippen LogP contribution in [0.2, 0.25) is 0 Å². The van der Waals surface area contributed by atoms with Crippen molar-refractivity contribution >= 4 is 7.60 Å². The minimum Gasteiger partial charge on any atom is -0.312 e. The number of allylic oxidation sites excluding steroid dienone is 1. The first-order valence-electron chi connectivity index (χ1n) is 3.02. The zero-order chi connectivity index (χ0) is 8.74. The first-order valence-corrected chi connectivity index (χ1v) is 4.75. The highest BCUT2D eigenvalue weighted by molar-refractivity contribution is 7.54. The molecule has 0 aliphatic carbocycles. The molecule has 0 saturated heterocycles. The average Bonchev–Trinajstić information content (AvgIpc) is 2.02. The zero-order valence-electron chi connectivity index (χ0n) is 6.45. The van der Waals surface area contributed by atoms with Gasteiger partial charge in [0.2, 0.25) is 0 Å². The topological polar surface area (TPSA) is 35.5 Å².